The summed E-state index contributed by atoms with van der Waals surface area (Å²) in [6, 6.07) is 5.24. The summed E-state index contributed by atoms with van der Waals surface area (Å²) in [5.41, 5.74) is 4.85. The fourth-order valence-electron chi connectivity index (χ4n) is 0.667. The zero-order valence-electron chi connectivity index (χ0n) is 7.19. The summed E-state index contributed by atoms with van der Waals surface area (Å²) in [4.78, 5) is 14.8. The summed E-state index contributed by atoms with van der Waals surface area (Å²) in [5.74, 6) is 0.0298. The van der Waals surface area contributed by atoms with Gasteiger partial charge in [-0.25, -0.2) is 4.98 Å². The third-order valence-corrected chi connectivity index (χ3v) is 1.36. The molecule has 1 amide bonds. The normalized spacial score (nSPS) is 11.8. The highest BCUT2D eigenvalue weighted by Gasteiger charge is 2.06. The van der Waals surface area contributed by atoms with E-state index in [1.807, 2.05) is 0 Å². The highest BCUT2D eigenvalue weighted by Crippen LogP contribution is 1.96. The lowest BCUT2D eigenvalue weighted by atomic mass is 10.4. The Morgan fingerprint density at radius 3 is 2.92 bits per heavy atom. The molecule has 1 aromatic rings. The molecule has 0 radical (unpaired) electrons. The second-order valence-electron chi connectivity index (χ2n) is 2.51. The predicted molar refractivity (Wildman–Crippen MR) is 47.7 cm³/mol. The number of carbonyl (C=O) groups excluding carboxylic acids is 1. The number of hydrogen-bond acceptors (Lipinski definition) is 4. The minimum Gasteiger partial charge on any atom is -0.383 e. The molecule has 0 spiro atoms. The van der Waals surface area contributed by atoms with Crippen molar-refractivity contribution >= 4 is 11.7 Å². The smallest absolute Gasteiger partial charge is 0.266 e. The van der Waals surface area contributed by atoms with Gasteiger partial charge in [-0.1, -0.05) is 6.07 Å². The molecule has 0 aliphatic heterocycles. The molecule has 1 unspecified atom stereocenters. The summed E-state index contributed by atoms with van der Waals surface area (Å²) in [5, 5.41) is 8.83. The zero-order valence-corrected chi connectivity index (χ0v) is 7.19. The molecular formula is C8H11N3O2. The first-order valence-electron chi connectivity index (χ1n) is 3.85. The average molecular weight is 181 g/mol. The van der Waals surface area contributed by atoms with Crippen LogP contribution in [0.25, 0.3) is 0 Å². The van der Waals surface area contributed by atoms with E-state index < -0.39 is 12.0 Å². The maximum Gasteiger partial charge on any atom is 0.266 e. The second kappa shape index (κ2) is 4.42. The van der Waals surface area contributed by atoms with E-state index in [4.69, 9.17) is 5.11 Å². The second-order valence-corrected chi connectivity index (χ2v) is 2.51. The molecule has 0 aliphatic carbocycles. The van der Waals surface area contributed by atoms with Gasteiger partial charge in [0, 0.05) is 6.20 Å². The number of carbonyl (C=O) groups is 1. The molecule has 0 aromatic carbocycles. The first-order valence-corrected chi connectivity index (χ1v) is 3.85. The number of amides is 1. The summed E-state index contributed by atoms with van der Waals surface area (Å²) in [6.45, 7) is 1.38. The van der Waals surface area contributed by atoms with Gasteiger partial charge in [0.05, 0.1) is 0 Å². The Kier molecular flexibility index (Phi) is 3.22. The van der Waals surface area contributed by atoms with E-state index >= 15 is 0 Å². The van der Waals surface area contributed by atoms with E-state index in [0.717, 1.165) is 0 Å². The van der Waals surface area contributed by atoms with Crippen LogP contribution >= 0.6 is 0 Å². The number of pyridine rings is 1. The Balaban J connectivity index is 2.40. The van der Waals surface area contributed by atoms with Gasteiger partial charge in [-0.15, -0.1) is 0 Å². The summed E-state index contributed by atoms with van der Waals surface area (Å²) < 4.78 is 0. The average Bonchev–Trinajstić information content (AvgIpc) is 2.15. The Morgan fingerprint density at radius 2 is 2.38 bits per heavy atom. The van der Waals surface area contributed by atoms with Crippen LogP contribution in [-0.2, 0) is 4.79 Å². The van der Waals surface area contributed by atoms with Crippen molar-refractivity contribution in [1.82, 2.24) is 10.4 Å². The number of hydrogen-bond donors (Lipinski definition) is 3. The Morgan fingerprint density at radius 1 is 1.62 bits per heavy atom. The van der Waals surface area contributed by atoms with Crippen molar-refractivity contribution in [1.29, 1.82) is 0 Å². The predicted octanol–water partition coefficient (Wildman–Crippen LogP) is -0.0945. The van der Waals surface area contributed by atoms with Crippen molar-refractivity contribution in [3.8, 4) is 0 Å². The van der Waals surface area contributed by atoms with Crippen LogP contribution in [0.15, 0.2) is 24.4 Å². The van der Waals surface area contributed by atoms with E-state index in [1.165, 1.54) is 6.92 Å². The fraction of sp³-hybridized carbons (Fsp3) is 0.250. The van der Waals surface area contributed by atoms with Crippen molar-refractivity contribution in [3.63, 3.8) is 0 Å². The number of aliphatic hydroxyl groups excluding tert-OH is 1. The van der Waals surface area contributed by atoms with E-state index in [-0.39, 0.29) is 0 Å². The molecule has 13 heavy (non-hydrogen) atoms. The monoisotopic (exact) mass is 181 g/mol. The molecule has 0 bridgehead atoms. The lowest BCUT2D eigenvalue weighted by Crippen LogP contribution is -2.36. The number of aliphatic hydroxyl groups is 1. The van der Waals surface area contributed by atoms with Crippen molar-refractivity contribution in [2.24, 2.45) is 0 Å². The summed E-state index contributed by atoms with van der Waals surface area (Å²) in [6.07, 6.45) is 0.563. The van der Waals surface area contributed by atoms with E-state index in [2.05, 4.69) is 15.8 Å². The van der Waals surface area contributed by atoms with Crippen molar-refractivity contribution in [2.45, 2.75) is 13.0 Å². The van der Waals surface area contributed by atoms with Gasteiger partial charge in [0.25, 0.3) is 5.91 Å². The van der Waals surface area contributed by atoms with Crippen LogP contribution < -0.4 is 10.9 Å². The van der Waals surface area contributed by atoms with Crippen LogP contribution in [-0.4, -0.2) is 22.1 Å². The van der Waals surface area contributed by atoms with Gasteiger partial charge in [-0.2, -0.15) is 0 Å². The van der Waals surface area contributed by atoms with Crippen LogP contribution in [0.1, 0.15) is 6.92 Å². The molecule has 70 valence electrons. The first-order chi connectivity index (χ1) is 6.20. The largest absolute Gasteiger partial charge is 0.383 e. The number of hydrazine groups is 1. The Labute approximate surface area is 75.8 Å². The molecule has 1 rings (SSSR count). The Hall–Kier alpha value is -1.62. The maximum absolute atomic E-state index is 10.9. The lowest BCUT2D eigenvalue weighted by Gasteiger charge is -2.08. The van der Waals surface area contributed by atoms with Gasteiger partial charge in [-0.3, -0.25) is 15.6 Å². The highest BCUT2D eigenvalue weighted by molar-refractivity contribution is 5.80. The topological polar surface area (TPSA) is 74.2 Å². The van der Waals surface area contributed by atoms with Gasteiger partial charge in [0.1, 0.15) is 11.9 Å². The number of nitrogens with one attached hydrogen (secondary N) is 2. The zero-order chi connectivity index (χ0) is 9.68. The molecule has 5 heteroatoms. The summed E-state index contributed by atoms with van der Waals surface area (Å²) in [7, 11) is 0. The van der Waals surface area contributed by atoms with E-state index in [1.54, 1.807) is 24.4 Å². The lowest BCUT2D eigenvalue weighted by molar-refractivity contribution is -0.127. The van der Waals surface area contributed by atoms with Gasteiger partial charge in [0.15, 0.2) is 0 Å². The molecule has 1 aromatic heterocycles. The molecule has 0 saturated heterocycles. The number of anilines is 1. The molecule has 1 heterocycles. The Bertz CT molecular complexity index is 274. The quantitative estimate of drug-likeness (QED) is 0.569. The van der Waals surface area contributed by atoms with Crippen LogP contribution in [0, 0.1) is 0 Å². The van der Waals surface area contributed by atoms with Gasteiger partial charge >= 0.3 is 0 Å². The van der Waals surface area contributed by atoms with Gasteiger partial charge in [0.2, 0.25) is 0 Å². The van der Waals surface area contributed by atoms with Crippen molar-refractivity contribution < 1.29 is 9.90 Å². The molecule has 0 saturated carbocycles. The van der Waals surface area contributed by atoms with Crippen LogP contribution in [0.4, 0.5) is 5.82 Å². The third kappa shape index (κ3) is 3.08. The third-order valence-electron chi connectivity index (χ3n) is 1.36. The molecule has 0 aliphatic rings. The standard InChI is InChI=1S/C8H11N3O2/c1-6(12)8(13)11-10-7-4-2-3-5-9-7/h2-6,12H,1H3,(H,9,10)(H,11,13). The fourth-order valence-corrected chi connectivity index (χ4v) is 0.667. The number of aromatic nitrogens is 1. The van der Waals surface area contributed by atoms with E-state index in [9.17, 15) is 4.79 Å². The minimum atomic E-state index is -1.03. The molecule has 3 N–H and O–H groups in total. The summed E-state index contributed by atoms with van der Waals surface area (Å²) >= 11 is 0. The molecular weight excluding hydrogens is 170 g/mol. The van der Waals surface area contributed by atoms with Gasteiger partial charge < -0.3 is 5.11 Å². The maximum atomic E-state index is 10.9. The van der Waals surface area contributed by atoms with Crippen LogP contribution in [0.5, 0.6) is 0 Å². The van der Waals surface area contributed by atoms with Gasteiger partial charge in [-0.05, 0) is 19.1 Å². The SMILES string of the molecule is CC(O)C(=O)NNc1ccccn1. The van der Waals surface area contributed by atoms with Crippen LogP contribution in [0.2, 0.25) is 0 Å². The molecule has 0 fully saturated rings. The molecule has 5 nitrogen and oxygen atoms in total. The minimum absolute atomic E-state index is 0.495. The number of rotatable bonds is 3. The van der Waals surface area contributed by atoms with Crippen molar-refractivity contribution in [3.05, 3.63) is 24.4 Å². The molecule has 1 atom stereocenters. The highest BCUT2D eigenvalue weighted by atomic mass is 16.3. The van der Waals surface area contributed by atoms with Crippen molar-refractivity contribution in [2.75, 3.05) is 5.43 Å². The first kappa shape index (κ1) is 9.47. The van der Waals surface area contributed by atoms with E-state index in [0.29, 0.717) is 5.82 Å². The van der Waals surface area contributed by atoms with Crippen LogP contribution in [0.3, 0.4) is 0 Å². The number of nitrogens with zero attached hydrogens (tertiary/aromatic N) is 1.